The van der Waals surface area contributed by atoms with E-state index in [-0.39, 0.29) is 17.8 Å². The molecule has 1 atom stereocenters. The number of likely N-dealkylation sites (tertiary alicyclic amines) is 1. The van der Waals surface area contributed by atoms with Gasteiger partial charge in [-0.25, -0.2) is 4.39 Å². The highest BCUT2D eigenvalue weighted by Gasteiger charge is 2.27. The molecule has 1 aliphatic heterocycles. The molecule has 0 unspecified atom stereocenters. The second kappa shape index (κ2) is 8.62. The number of carbonyl (C=O) groups is 1. The van der Waals surface area contributed by atoms with Crippen LogP contribution in [0, 0.1) is 5.82 Å². The molecule has 4 nitrogen and oxygen atoms in total. The van der Waals surface area contributed by atoms with Crippen molar-refractivity contribution in [2.75, 3.05) is 20.1 Å². The summed E-state index contributed by atoms with van der Waals surface area (Å²) >= 11 is 0. The number of likely N-dealkylation sites (N-methyl/N-ethyl adjacent to an activating group) is 1. The number of carbonyl (C=O) groups excluding carboxylic acids is 1. The van der Waals surface area contributed by atoms with Crippen molar-refractivity contribution in [1.29, 1.82) is 0 Å². The van der Waals surface area contributed by atoms with Gasteiger partial charge in [0.1, 0.15) is 11.6 Å². The highest BCUT2D eigenvalue weighted by atomic mass is 19.1. The van der Waals surface area contributed by atoms with Crippen LogP contribution in [0.1, 0.15) is 28.8 Å². The molecule has 150 valence electrons. The third-order valence-corrected chi connectivity index (χ3v) is 5.62. The number of piperidine rings is 1. The van der Waals surface area contributed by atoms with Gasteiger partial charge in [-0.3, -0.25) is 9.69 Å². The maximum atomic E-state index is 14.0. The van der Waals surface area contributed by atoms with Crippen LogP contribution in [0.4, 0.5) is 4.39 Å². The van der Waals surface area contributed by atoms with Crippen molar-refractivity contribution in [3.05, 3.63) is 83.9 Å². The molecule has 0 saturated carbocycles. The Labute approximate surface area is 170 Å². The van der Waals surface area contributed by atoms with Crippen LogP contribution in [0.15, 0.2) is 71.3 Å². The molecule has 0 spiro atoms. The first kappa shape index (κ1) is 19.4. The molecular formula is C24H25FN2O2. The van der Waals surface area contributed by atoms with E-state index < -0.39 is 0 Å². The van der Waals surface area contributed by atoms with Crippen molar-refractivity contribution in [2.45, 2.75) is 25.4 Å². The topological polar surface area (TPSA) is 36.7 Å². The summed E-state index contributed by atoms with van der Waals surface area (Å²) in [6, 6.07) is 18.3. The number of halogens is 1. The summed E-state index contributed by atoms with van der Waals surface area (Å²) in [5.74, 6) is 0.570. The molecule has 4 rings (SSSR count). The lowest BCUT2D eigenvalue weighted by Crippen LogP contribution is -2.48. The quantitative estimate of drug-likeness (QED) is 0.625. The summed E-state index contributed by atoms with van der Waals surface area (Å²) in [7, 11) is 1.86. The van der Waals surface area contributed by atoms with Gasteiger partial charge in [-0.2, -0.15) is 0 Å². The highest BCUT2D eigenvalue weighted by Crippen LogP contribution is 2.23. The third kappa shape index (κ3) is 4.40. The third-order valence-electron chi connectivity index (χ3n) is 5.62. The van der Waals surface area contributed by atoms with Crippen molar-refractivity contribution < 1.29 is 13.6 Å². The van der Waals surface area contributed by atoms with E-state index >= 15 is 0 Å². The monoisotopic (exact) mass is 392 g/mol. The molecule has 2 heterocycles. The summed E-state index contributed by atoms with van der Waals surface area (Å²) in [6.07, 6.45) is 3.57. The van der Waals surface area contributed by atoms with E-state index in [1.807, 2.05) is 60.5 Å². The van der Waals surface area contributed by atoms with Crippen molar-refractivity contribution >= 4 is 5.91 Å². The van der Waals surface area contributed by atoms with Gasteiger partial charge in [0.25, 0.3) is 5.91 Å². The van der Waals surface area contributed by atoms with Crippen LogP contribution in [0.5, 0.6) is 0 Å². The Bertz CT molecular complexity index is 971. The minimum absolute atomic E-state index is 0.00357. The van der Waals surface area contributed by atoms with Gasteiger partial charge in [0, 0.05) is 42.9 Å². The Morgan fingerprint density at radius 3 is 2.83 bits per heavy atom. The lowest BCUT2D eigenvalue weighted by Gasteiger charge is -2.37. The molecule has 5 heteroatoms. The normalized spacial score (nSPS) is 17.2. The van der Waals surface area contributed by atoms with Crippen LogP contribution in [0.2, 0.25) is 0 Å². The Kier molecular flexibility index (Phi) is 5.76. The molecule has 1 saturated heterocycles. The number of furan rings is 1. The van der Waals surface area contributed by atoms with E-state index in [4.69, 9.17) is 4.42 Å². The molecule has 0 N–H and O–H groups in total. The lowest BCUT2D eigenvalue weighted by molar-refractivity contribution is 0.0608. The van der Waals surface area contributed by atoms with Gasteiger partial charge in [0.15, 0.2) is 0 Å². The van der Waals surface area contributed by atoms with Gasteiger partial charge in [0.2, 0.25) is 0 Å². The molecular weight excluding hydrogens is 367 g/mol. The fraction of sp³-hybridized carbons (Fsp3) is 0.292. The molecule has 1 amide bonds. The number of nitrogens with zero attached hydrogens (tertiary/aromatic N) is 2. The first-order valence-corrected chi connectivity index (χ1v) is 9.98. The van der Waals surface area contributed by atoms with Crippen LogP contribution in [-0.2, 0) is 6.54 Å². The second-order valence-electron chi connectivity index (χ2n) is 7.60. The minimum Gasteiger partial charge on any atom is -0.464 e. The molecule has 1 aliphatic rings. The number of amides is 1. The van der Waals surface area contributed by atoms with E-state index in [9.17, 15) is 9.18 Å². The zero-order chi connectivity index (χ0) is 20.2. The van der Waals surface area contributed by atoms with E-state index in [0.29, 0.717) is 17.7 Å². The van der Waals surface area contributed by atoms with Gasteiger partial charge in [-0.1, -0.05) is 30.3 Å². The maximum absolute atomic E-state index is 14.0. The van der Waals surface area contributed by atoms with Crippen molar-refractivity contribution in [3.63, 3.8) is 0 Å². The van der Waals surface area contributed by atoms with Crippen LogP contribution in [-0.4, -0.2) is 41.9 Å². The van der Waals surface area contributed by atoms with Crippen LogP contribution < -0.4 is 0 Å². The van der Waals surface area contributed by atoms with E-state index in [0.717, 1.165) is 37.3 Å². The molecule has 1 aromatic heterocycles. The standard InChI is InChI=1S/C24H25FN2O2/c1-26(24(28)19-9-4-8-18(15-19)23-12-6-14-29-23)21-10-5-13-27(17-21)16-20-7-2-3-11-22(20)25/h2-4,6-9,11-12,14-15,21H,5,10,13,16-17H2,1H3/t21-/m0/s1. The van der Waals surface area contributed by atoms with E-state index in [1.54, 1.807) is 12.3 Å². The lowest BCUT2D eigenvalue weighted by atomic mass is 10.0. The zero-order valence-electron chi connectivity index (χ0n) is 16.6. The SMILES string of the molecule is CN(C(=O)c1cccc(-c2ccco2)c1)[C@H]1CCCN(Cc2ccccc2F)C1. The molecule has 2 aromatic carbocycles. The Morgan fingerprint density at radius 1 is 1.17 bits per heavy atom. The van der Waals surface area contributed by atoms with Gasteiger partial charge in [-0.15, -0.1) is 0 Å². The average Bonchev–Trinajstić information content (AvgIpc) is 3.30. The van der Waals surface area contributed by atoms with Crippen LogP contribution in [0.3, 0.4) is 0 Å². The molecule has 1 fully saturated rings. The first-order valence-electron chi connectivity index (χ1n) is 9.98. The highest BCUT2D eigenvalue weighted by molar-refractivity contribution is 5.95. The predicted octanol–water partition coefficient (Wildman–Crippen LogP) is 4.82. The van der Waals surface area contributed by atoms with E-state index in [1.165, 1.54) is 6.07 Å². The largest absolute Gasteiger partial charge is 0.464 e. The summed E-state index contributed by atoms with van der Waals surface area (Å²) in [5, 5.41) is 0. The molecule has 0 aliphatic carbocycles. The Hall–Kier alpha value is -2.92. The predicted molar refractivity (Wildman–Crippen MR) is 111 cm³/mol. The second-order valence-corrected chi connectivity index (χ2v) is 7.60. The number of rotatable bonds is 5. The maximum Gasteiger partial charge on any atom is 0.253 e. The van der Waals surface area contributed by atoms with Gasteiger partial charge in [0.05, 0.1) is 6.26 Å². The zero-order valence-corrected chi connectivity index (χ0v) is 16.6. The van der Waals surface area contributed by atoms with Gasteiger partial charge in [-0.05, 0) is 49.7 Å². The number of hydrogen-bond acceptors (Lipinski definition) is 3. The Morgan fingerprint density at radius 2 is 2.03 bits per heavy atom. The van der Waals surface area contributed by atoms with Crippen molar-refractivity contribution in [1.82, 2.24) is 9.80 Å². The summed E-state index contributed by atoms with van der Waals surface area (Å²) in [4.78, 5) is 17.2. The van der Waals surface area contributed by atoms with Crippen molar-refractivity contribution in [2.24, 2.45) is 0 Å². The fourth-order valence-electron chi connectivity index (χ4n) is 3.98. The first-order chi connectivity index (χ1) is 14.1. The summed E-state index contributed by atoms with van der Waals surface area (Å²) in [5.41, 5.74) is 2.24. The fourth-order valence-corrected chi connectivity index (χ4v) is 3.98. The molecule has 3 aromatic rings. The minimum atomic E-state index is -0.172. The summed E-state index contributed by atoms with van der Waals surface area (Å²) in [6.45, 7) is 2.23. The summed E-state index contributed by atoms with van der Waals surface area (Å²) < 4.78 is 19.5. The van der Waals surface area contributed by atoms with Gasteiger partial charge < -0.3 is 9.32 Å². The Balaban J connectivity index is 1.45. The number of benzene rings is 2. The molecule has 0 radical (unpaired) electrons. The van der Waals surface area contributed by atoms with Crippen LogP contribution >= 0.6 is 0 Å². The van der Waals surface area contributed by atoms with Crippen molar-refractivity contribution in [3.8, 4) is 11.3 Å². The average molecular weight is 392 g/mol. The molecule has 0 bridgehead atoms. The molecule has 29 heavy (non-hydrogen) atoms. The van der Waals surface area contributed by atoms with Crippen LogP contribution in [0.25, 0.3) is 11.3 Å². The van der Waals surface area contributed by atoms with Gasteiger partial charge >= 0.3 is 0 Å². The smallest absolute Gasteiger partial charge is 0.253 e. The van der Waals surface area contributed by atoms with E-state index in [2.05, 4.69) is 4.90 Å². The number of hydrogen-bond donors (Lipinski definition) is 0.